The van der Waals surface area contributed by atoms with Crippen molar-refractivity contribution in [2.75, 3.05) is 36.4 Å². The van der Waals surface area contributed by atoms with Crippen LogP contribution in [0.4, 0.5) is 26.8 Å². The third-order valence-electron chi connectivity index (χ3n) is 9.75. The van der Waals surface area contributed by atoms with Gasteiger partial charge in [-0.1, -0.05) is 42.5 Å². The molecule has 0 atom stereocenters. The number of nitrogens with one attached hydrogen (secondary N) is 2. The third-order valence-corrected chi connectivity index (χ3v) is 9.75. The lowest BCUT2D eigenvalue weighted by atomic mass is 10.0. The molecule has 2 aliphatic rings. The summed E-state index contributed by atoms with van der Waals surface area (Å²) in [6.45, 7) is 6.51. The molecular weight excluding hydrogens is 699 g/mol. The zero-order chi connectivity index (χ0) is 38.3. The summed E-state index contributed by atoms with van der Waals surface area (Å²) in [7, 11) is 1.88. The maximum atomic E-state index is 13.8. The van der Waals surface area contributed by atoms with E-state index in [1.54, 1.807) is 40.6 Å². The number of carbonyl (C=O) groups is 3. The minimum Gasteiger partial charge on any atom is -0.392 e. The molecule has 6 aromatic rings. The van der Waals surface area contributed by atoms with Gasteiger partial charge in [0.05, 0.1) is 30.7 Å². The SMILES string of the molecule is Cc1cc(C(=O)N2Cc3cnn(C)c3Nc3ccccc32)ccc1CNC(=O)N1CCN(Cc2cccc(CO)c2)CC1.O=C(n1ccnc1)n1ccnc1. The van der Waals surface area contributed by atoms with Crippen LogP contribution in [-0.4, -0.2) is 87.9 Å². The highest BCUT2D eigenvalue weighted by Crippen LogP contribution is 2.36. The number of amides is 3. The number of imidazole rings is 2. The summed E-state index contributed by atoms with van der Waals surface area (Å²) in [6.07, 6.45) is 11.0. The molecular formula is C40H43N11O4. The van der Waals surface area contributed by atoms with Gasteiger partial charge >= 0.3 is 12.1 Å². The highest BCUT2D eigenvalue weighted by atomic mass is 16.3. The number of anilines is 3. The van der Waals surface area contributed by atoms with Gasteiger partial charge in [0.15, 0.2) is 0 Å². The van der Waals surface area contributed by atoms with Crippen LogP contribution in [0, 0.1) is 6.92 Å². The van der Waals surface area contributed by atoms with E-state index >= 15 is 0 Å². The molecule has 55 heavy (non-hydrogen) atoms. The summed E-state index contributed by atoms with van der Waals surface area (Å²) in [5.74, 6) is 0.782. The summed E-state index contributed by atoms with van der Waals surface area (Å²) in [5, 5.41) is 20.3. The molecule has 282 valence electrons. The van der Waals surface area contributed by atoms with Gasteiger partial charge in [-0.15, -0.1) is 0 Å². The fourth-order valence-electron chi connectivity index (χ4n) is 6.68. The minimum absolute atomic E-state index is 0.0396. The first-order chi connectivity index (χ1) is 26.8. The van der Waals surface area contributed by atoms with Gasteiger partial charge in [-0.2, -0.15) is 5.10 Å². The van der Waals surface area contributed by atoms with Crippen molar-refractivity contribution in [2.45, 2.75) is 33.2 Å². The number of para-hydroxylation sites is 2. The van der Waals surface area contributed by atoms with Crippen LogP contribution in [-0.2, 0) is 33.3 Å². The zero-order valence-corrected chi connectivity index (χ0v) is 30.7. The summed E-state index contributed by atoms with van der Waals surface area (Å²) < 4.78 is 4.54. The quantitative estimate of drug-likeness (QED) is 0.219. The molecule has 3 aromatic heterocycles. The van der Waals surface area contributed by atoms with Crippen molar-refractivity contribution < 1.29 is 19.5 Å². The number of aliphatic hydroxyl groups is 1. The van der Waals surface area contributed by atoms with E-state index in [4.69, 9.17) is 0 Å². The van der Waals surface area contributed by atoms with Gasteiger partial charge in [-0.05, 0) is 53.4 Å². The van der Waals surface area contributed by atoms with E-state index in [9.17, 15) is 19.5 Å². The topological polar surface area (TPSA) is 159 Å². The summed E-state index contributed by atoms with van der Waals surface area (Å²) in [6, 6.07) is 21.2. The molecule has 15 heteroatoms. The maximum Gasteiger partial charge on any atom is 0.338 e. The maximum absolute atomic E-state index is 13.8. The first kappa shape index (κ1) is 36.8. The second kappa shape index (κ2) is 16.6. The molecule has 15 nitrogen and oxygen atoms in total. The molecule has 1 saturated heterocycles. The predicted octanol–water partition coefficient (Wildman–Crippen LogP) is 4.75. The Morgan fingerprint density at radius 1 is 0.873 bits per heavy atom. The first-order valence-corrected chi connectivity index (χ1v) is 18.0. The van der Waals surface area contributed by atoms with Crippen molar-refractivity contribution in [3.8, 4) is 0 Å². The van der Waals surface area contributed by atoms with Crippen LogP contribution >= 0.6 is 0 Å². The van der Waals surface area contributed by atoms with Crippen LogP contribution in [0.2, 0.25) is 0 Å². The van der Waals surface area contributed by atoms with Crippen molar-refractivity contribution in [2.24, 2.45) is 7.05 Å². The summed E-state index contributed by atoms with van der Waals surface area (Å²) in [4.78, 5) is 51.7. The van der Waals surface area contributed by atoms with Gasteiger partial charge in [0.2, 0.25) is 0 Å². The lowest BCUT2D eigenvalue weighted by Gasteiger charge is -2.34. The van der Waals surface area contributed by atoms with E-state index < -0.39 is 0 Å². The molecule has 1 fully saturated rings. The Balaban J connectivity index is 0.000000328. The second-order valence-electron chi connectivity index (χ2n) is 13.4. The summed E-state index contributed by atoms with van der Waals surface area (Å²) >= 11 is 0. The lowest BCUT2D eigenvalue weighted by Crippen LogP contribution is -2.51. The Labute approximate surface area is 318 Å². The Bertz CT molecular complexity index is 2220. The molecule has 8 rings (SSSR count). The third kappa shape index (κ3) is 8.48. The first-order valence-electron chi connectivity index (χ1n) is 18.0. The smallest absolute Gasteiger partial charge is 0.338 e. The molecule has 0 radical (unpaired) electrons. The molecule has 0 unspecified atom stereocenters. The molecule has 3 aromatic carbocycles. The van der Waals surface area contributed by atoms with E-state index in [0.29, 0.717) is 31.7 Å². The Morgan fingerprint density at radius 3 is 2.29 bits per heavy atom. The number of aryl methyl sites for hydroxylation is 2. The van der Waals surface area contributed by atoms with Crippen LogP contribution in [0.1, 0.15) is 38.2 Å². The Morgan fingerprint density at radius 2 is 1.60 bits per heavy atom. The van der Waals surface area contributed by atoms with E-state index in [2.05, 4.69) is 36.7 Å². The van der Waals surface area contributed by atoms with Crippen LogP contribution in [0.5, 0.6) is 0 Å². The monoisotopic (exact) mass is 741 g/mol. The van der Waals surface area contributed by atoms with Crippen LogP contribution in [0.3, 0.4) is 0 Å². The number of nitrogens with zero attached hydrogens (tertiary/aromatic N) is 9. The second-order valence-corrected chi connectivity index (χ2v) is 13.4. The number of rotatable bonds is 6. The highest BCUT2D eigenvalue weighted by Gasteiger charge is 2.27. The van der Waals surface area contributed by atoms with E-state index in [1.807, 2.05) is 79.5 Å². The number of benzene rings is 3. The molecule has 0 bridgehead atoms. The van der Waals surface area contributed by atoms with Crippen molar-refractivity contribution in [1.82, 2.24) is 44.0 Å². The average Bonchev–Trinajstić information content (AvgIpc) is 4.00. The fraction of sp³-hybridized carbons (Fsp3) is 0.250. The number of aliphatic hydroxyl groups excluding tert-OH is 1. The average molecular weight is 742 g/mol. The van der Waals surface area contributed by atoms with Gasteiger partial charge in [0.1, 0.15) is 18.5 Å². The van der Waals surface area contributed by atoms with Gasteiger partial charge in [-0.25, -0.2) is 19.6 Å². The predicted molar refractivity (Wildman–Crippen MR) is 207 cm³/mol. The van der Waals surface area contributed by atoms with E-state index in [1.165, 1.54) is 27.4 Å². The van der Waals surface area contributed by atoms with Gasteiger partial charge in [0, 0.05) is 82.2 Å². The molecule has 0 spiro atoms. The highest BCUT2D eigenvalue weighted by molar-refractivity contribution is 6.08. The van der Waals surface area contributed by atoms with E-state index in [-0.39, 0.29) is 24.6 Å². The van der Waals surface area contributed by atoms with Crippen molar-refractivity contribution >= 4 is 35.2 Å². The number of carbonyl (C=O) groups excluding carboxylic acids is 3. The van der Waals surface area contributed by atoms with Crippen LogP contribution in [0.15, 0.2) is 110 Å². The van der Waals surface area contributed by atoms with Crippen LogP contribution in [0.25, 0.3) is 0 Å². The molecule has 0 saturated carbocycles. The Kier molecular flexibility index (Phi) is 11.1. The Hall–Kier alpha value is -6.58. The minimum atomic E-state index is -0.190. The lowest BCUT2D eigenvalue weighted by molar-refractivity contribution is 0.0985. The normalized spacial score (nSPS) is 13.8. The van der Waals surface area contributed by atoms with Gasteiger partial charge < -0.3 is 25.5 Å². The van der Waals surface area contributed by atoms with Gasteiger partial charge in [0.25, 0.3) is 5.91 Å². The molecule has 2 aliphatic heterocycles. The number of hydrogen-bond donors (Lipinski definition) is 3. The number of hydrogen-bond acceptors (Lipinski definition) is 9. The number of piperazine rings is 1. The molecule has 3 N–H and O–H groups in total. The largest absolute Gasteiger partial charge is 0.392 e. The standard InChI is InChI=1S/C33H37N7O3.C7H6N4O/c1-23-16-26(32(42)40-21-28-19-35-37(2)31(28)36-29-8-3-4-9-30(29)40)10-11-27(23)18-34-33(43)39-14-12-38(13-15-39)20-24-6-5-7-25(17-24)22-41;12-7(10-3-1-8-5-10)11-4-2-9-6-11/h3-11,16-17,19,36,41H,12-15,18,20-22H2,1-2H3,(H,34,43);1-6H. The summed E-state index contributed by atoms with van der Waals surface area (Å²) in [5.41, 5.74) is 7.21. The van der Waals surface area contributed by atoms with Crippen molar-refractivity contribution in [3.63, 3.8) is 0 Å². The molecule has 5 heterocycles. The zero-order valence-electron chi connectivity index (χ0n) is 30.7. The van der Waals surface area contributed by atoms with E-state index in [0.717, 1.165) is 59.1 Å². The number of aromatic nitrogens is 6. The number of urea groups is 1. The van der Waals surface area contributed by atoms with Gasteiger partial charge in [-0.3, -0.25) is 23.5 Å². The molecule has 3 amide bonds. The number of fused-ring (bicyclic) bond motifs is 2. The van der Waals surface area contributed by atoms with Crippen LogP contribution < -0.4 is 15.5 Å². The van der Waals surface area contributed by atoms with Crippen molar-refractivity contribution in [1.29, 1.82) is 0 Å². The van der Waals surface area contributed by atoms with Crippen molar-refractivity contribution in [3.05, 3.63) is 144 Å². The fourth-order valence-corrected chi connectivity index (χ4v) is 6.68. The molecule has 0 aliphatic carbocycles.